The summed E-state index contributed by atoms with van der Waals surface area (Å²) < 4.78 is 22.3. The lowest BCUT2D eigenvalue weighted by Crippen LogP contribution is -2.14. The molecule has 0 atom stereocenters. The van der Waals surface area contributed by atoms with Crippen molar-refractivity contribution in [2.24, 2.45) is 10.2 Å². The van der Waals surface area contributed by atoms with Gasteiger partial charge in [-0.2, -0.15) is 10.4 Å². The lowest BCUT2D eigenvalue weighted by Gasteiger charge is -2.03. The first kappa shape index (κ1) is 16.3. The molecule has 0 saturated carbocycles. The van der Waals surface area contributed by atoms with Gasteiger partial charge in [0, 0.05) is 18.0 Å². The maximum atomic E-state index is 12.1. The molecule has 1 aromatic heterocycles. The number of nitriles is 1. The molecule has 0 aliphatic rings. The van der Waals surface area contributed by atoms with Gasteiger partial charge in [-0.15, -0.1) is 0 Å². The highest BCUT2D eigenvalue weighted by Gasteiger charge is 2.14. The first-order valence-electron chi connectivity index (χ1n) is 6.23. The predicted octanol–water partition coefficient (Wildman–Crippen LogP) is 0.903. The van der Waals surface area contributed by atoms with Crippen LogP contribution in [-0.4, -0.2) is 24.9 Å². The summed E-state index contributed by atoms with van der Waals surface area (Å²) in [6.07, 6.45) is 2.83. The highest BCUT2D eigenvalue weighted by molar-refractivity contribution is 7.89. The molecule has 0 aliphatic carbocycles. The van der Waals surface area contributed by atoms with Crippen LogP contribution in [0.15, 0.2) is 58.8 Å². The van der Waals surface area contributed by atoms with E-state index in [4.69, 9.17) is 10.4 Å². The van der Waals surface area contributed by atoms with Gasteiger partial charge in [-0.1, -0.05) is 0 Å². The summed E-state index contributed by atoms with van der Waals surface area (Å²) in [5.74, 6) is -0.575. The Morgan fingerprint density at radius 2 is 1.96 bits per heavy atom. The van der Waals surface area contributed by atoms with Crippen molar-refractivity contribution in [3.8, 4) is 6.07 Å². The molecule has 2 rings (SSSR count). The van der Waals surface area contributed by atoms with Gasteiger partial charge in [0.15, 0.2) is 0 Å². The summed E-state index contributed by atoms with van der Waals surface area (Å²) in [5, 5.41) is 17.7. The van der Waals surface area contributed by atoms with Gasteiger partial charge in [-0.05, 0) is 36.4 Å². The van der Waals surface area contributed by atoms with Crippen molar-refractivity contribution in [2.75, 3.05) is 5.43 Å². The van der Waals surface area contributed by atoms with Gasteiger partial charge in [0.1, 0.15) is 6.07 Å². The van der Waals surface area contributed by atoms with Crippen LogP contribution in [0.3, 0.4) is 0 Å². The summed E-state index contributed by atoms with van der Waals surface area (Å²) in [4.78, 5) is 15.8. The molecule has 0 bridgehead atoms. The molecule has 1 heterocycles. The molecule has 2 aromatic rings. The monoisotopic (exact) mass is 329 g/mol. The largest absolute Gasteiger partial charge is 0.286 e. The summed E-state index contributed by atoms with van der Waals surface area (Å²) in [6.45, 7) is 0. The Morgan fingerprint density at radius 3 is 2.48 bits per heavy atom. The van der Waals surface area contributed by atoms with Gasteiger partial charge in [0.05, 0.1) is 10.6 Å². The van der Waals surface area contributed by atoms with Crippen molar-refractivity contribution in [1.82, 2.24) is 4.98 Å². The minimum Gasteiger partial charge on any atom is -0.286 e. The number of carbonyl (C=O) groups excluding carboxylic acids is 1. The Balaban J connectivity index is 2.17. The fourth-order valence-electron chi connectivity index (χ4n) is 1.60. The van der Waals surface area contributed by atoms with Crippen LogP contribution < -0.4 is 10.6 Å². The summed E-state index contributed by atoms with van der Waals surface area (Å²) in [5.41, 5.74) is 2.79. The number of hydrazone groups is 1. The third-order valence-electron chi connectivity index (χ3n) is 2.72. The van der Waals surface area contributed by atoms with Crippen LogP contribution in [0, 0.1) is 11.3 Å². The van der Waals surface area contributed by atoms with Gasteiger partial charge >= 0.3 is 0 Å². The van der Waals surface area contributed by atoms with Gasteiger partial charge in [0.2, 0.25) is 21.5 Å². The number of pyridine rings is 1. The fraction of sp³-hybridized carbons (Fsp3) is 0. The second-order valence-corrected chi connectivity index (χ2v) is 5.89. The van der Waals surface area contributed by atoms with Crippen LogP contribution in [-0.2, 0) is 10.0 Å². The molecule has 1 aromatic carbocycles. The maximum absolute atomic E-state index is 12.1. The minimum atomic E-state index is -3.78. The number of hydrogen-bond donors (Lipinski definition) is 2. The molecule has 0 radical (unpaired) electrons. The maximum Gasteiger partial charge on any atom is 0.238 e. The van der Waals surface area contributed by atoms with Crippen molar-refractivity contribution in [3.63, 3.8) is 0 Å². The third-order valence-corrected chi connectivity index (χ3v) is 3.65. The highest BCUT2D eigenvalue weighted by Crippen LogP contribution is 2.12. The zero-order chi connectivity index (χ0) is 16.9. The predicted molar refractivity (Wildman–Crippen MR) is 83.1 cm³/mol. The normalized spacial score (nSPS) is 11.6. The molecule has 0 spiro atoms. The van der Waals surface area contributed by atoms with Crippen molar-refractivity contribution >= 4 is 27.2 Å². The van der Waals surface area contributed by atoms with Crippen LogP contribution in [0.5, 0.6) is 0 Å². The number of sulfonamides is 1. The Hall–Kier alpha value is -3.09. The molecular formula is C14H11N5O3S. The molecule has 9 heteroatoms. The number of hydrogen-bond acceptors (Lipinski definition) is 7. The Morgan fingerprint density at radius 1 is 1.26 bits per heavy atom. The highest BCUT2D eigenvalue weighted by atomic mass is 32.2. The van der Waals surface area contributed by atoms with Crippen LogP contribution in [0.1, 0.15) is 10.4 Å². The summed E-state index contributed by atoms with van der Waals surface area (Å²) >= 11 is 0. The second kappa shape index (κ2) is 6.78. The smallest absolute Gasteiger partial charge is 0.238 e. The molecule has 0 unspecified atom stereocenters. The topological polar surface area (TPSA) is 138 Å². The molecular weight excluding hydrogens is 318 g/mol. The van der Waals surface area contributed by atoms with E-state index >= 15 is 0 Å². The first-order valence-corrected chi connectivity index (χ1v) is 7.78. The number of rotatable bonds is 5. The number of aromatic nitrogens is 1. The van der Waals surface area contributed by atoms with E-state index in [1.807, 2.05) is 0 Å². The van der Waals surface area contributed by atoms with Gasteiger partial charge in [-0.3, -0.25) is 15.2 Å². The van der Waals surface area contributed by atoms with E-state index in [-0.39, 0.29) is 16.2 Å². The summed E-state index contributed by atoms with van der Waals surface area (Å²) in [7, 11) is -3.78. The third kappa shape index (κ3) is 4.19. The number of Topliss-reactive ketones (excluding diaryl/α,β-unsaturated/α-hetero) is 1. The second-order valence-electron chi connectivity index (χ2n) is 4.32. The van der Waals surface area contributed by atoms with E-state index in [0.29, 0.717) is 5.69 Å². The molecule has 116 valence electrons. The first-order chi connectivity index (χ1) is 10.9. The molecule has 0 saturated heterocycles. The zero-order valence-electron chi connectivity index (χ0n) is 11.7. The average molecular weight is 329 g/mol. The number of nitrogens with two attached hydrogens (primary N) is 1. The molecule has 3 N–H and O–H groups in total. The number of primary sulfonamides is 1. The minimum absolute atomic E-state index is 0.0565. The van der Waals surface area contributed by atoms with Gasteiger partial charge in [0.25, 0.3) is 0 Å². The molecule has 0 aliphatic heterocycles. The van der Waals surface area contributed by atoms with Gasteiger partial charge in [-0.25, -0.2) is 13.6 Å². The average Bonchev–Trinajstić information content (AvgIpc) is 2.55. The van der Waals surface area contributed by atoms with Crippen molar-refractivity contribution < 1.29 is 13.2 Å². The lowest BCUT2D eigenvalue weighted by atomic mass is 10.1. The van der Waals surface area contributed by atoms with E-state index in [9.17, 15) is 13.2 Å². The van der Waals surface area contributed by atoms with Crippen molar-refractivity contribution in [1.29, 1.82) is 5.26 Å². The molecule has 0 fully saturated rings. The number of ketones is 1. The number of nitrogens with zero attached hydrogens (tertiary/aromatic N) is 3. The number of benzene rings is 1. The quantitative estimate of drug-likeness (QED) is 0.475. The van der Waals surface area contributed by atoms with Crippen molar-refractivity contribution in [3.05, 3.63) is 54.4 Å². The van der Waals surface area contributed by atoms with Crippen LogP contribution in [0.25, 0.3) is 0 Å². The van der Waals surface area contributed by atoms with Crippen LogP contribution in [0.2, 0.25) is 0 Å². The van der Waals surface area contributed by atoms with E-state index in [0.717, 1.165) is 0 Å². The molecule has 8 nitrogen and oxygen atoms in total. The number of anilines is 1. The number of carbonyl (C=O) groups is 1. The van der Waals surface area contributed by atoms with Crippen LogP contribution in [0.4, 0.5) is 5.69 Å². The van der Waals surface area contributed by atoms with Gasteiger partial charge < -0.3 is 0 Å². The van der Waals surface area contributed by atoms with E-state index in [1.54, 1.807) is 12.1 Å². The molecule has 23 heavy (non-hydrogen) atoms. The summed E-state index contributed by atoms with van der Waals surface area (Å²) in [6, 6.07) is 10.2. The van der Waals surface area contributed by atoms with E-state index in [1.165, 1.54) is 42.7 Å². The standard InChI is InChI=1S/C14H11N5O3S/c15-8-13(14(20)10-2-1-7-17-9-10)19-18-11-3-5-12(6-4-11)23(16,21)22/h1-7,9,18H,(H2,16,21,22)/b19-13+. The molecule has 0 amide bonds. The SMILES string of the molecule is N#C/C(=N\Nc1ccc(S(N)(=O)=O)cc1)C(=O)c1cccnc1. The lowest BCUT2D eigenvalue weighted by molar-refractivity contribution is 0.106. The Labute approximate surface area is 132 Å². The fourth-order valence-corrected chi connectivity index (χ4v) is 2.12. The van der Waals surface area contributed by atoms with E-state index < -0.39 is 15.8 Å². The van der Waals surface area contributed by atoms with Crippen molar-refractivity contribution in [2.45, 2.75) is 4.90 Å². The number of nitrogens with one attached hydrogen (secondary N) is 1. The van der Waals surface area contributed by atoms with Crippen LogP contribution >= 0.6 is 0 Å². The Bertz CT molecular complexity index is 884. The Kier molecular flexibility index (Phi) is 4.80. The van der Waals surface area contributed by atoms with E-state index in [2.05, 4.69) is 15.5 Å². The zero-order valence-corrected chi connectivity index (χ0v) is 12.5.